The minimum atomic E-state index is -3.49. The summed E-state index contributed by atoms with van der Waals surface area (Å²) in [6.45, 7) is 0. The lowest BCUT2D eigenvalue weighted by Crippen LogP contribution is -2.02. The molecule has 0 radical (unpaired) electrons. The maximum Gasteiger partial charge on any atom is 0.199 e. The van der Waals surface area contributed by atoms with E-state index < -0.39 is 9.84 Å². The Morgan fingerprint density at radius 2 is 1.62 bits per heavy atom. The van der Waals surface area contributed by atoms with E-state index in [4.69, 9.17) is 23.2 Å². The molecule has 2 nitrogen and oxygen atoms in total. The molecule has 21 heavy (non-hydrogen) atoms. The Bertz CT molecular complexity index is 708. The van der Waals surface area contributed by atoms with Crippen LogP contribution in [-0.4, -0.2) is 13.8 Å². The second kappa shape index (κ2) is 7.12. The van der Waals surface area contributed by atoms with Gasteiger partial charge in [-0.05, 0) is 36.2 Å². The molecule has 0 aromatic heterocycles. The third-order valence-electron chi connectivity index (χ3n) is 2.88. The highest BCUT2D eigenvalue weighted by atomic mass is 35.5. The number of sulfone groups is 1. The van der Waals surface area contributed by atoms with Gasteiger partial charge in [0, 0.05) is 10.4 Å². The van der Waals surface area contributed by atoms with Crippen molar-refractivity contribution in [3.8, 4) is 0 Å². The van der Waals surface area contributed by atoms with Crippen molar-refractivity contribution in [3.63, 3.8) is 0 Å². The molecule has 2 aromatic rings. The Hall–Kier alpha value is -1.29. The second-order valence-electron chi connectivity index (χ2n) is 4.53. The largest absolute Gasteiger partial charge is 0.219 e. The summed E-state index contributed by atoms with van der Waals surface area (Å²) in [7, 11) is -3.49. The maximum atomic E-state index is 12.1. The number of rotatable bonds is 5. The quantitative estimate of drug-likeness (QED) is 0.752. The number of alkyl halides is 1. The van der Waals surface area contributed by atoms with Crippen molar-refractivity contribution >= 4 is 33.0 Å². The molecule has 1 atom stereocenters. The van der Waals surface area contributed by atoms with Gasteiger partial charge in [0.25, 0.3) is 0 Å². The monoisotopic (exact) mass is 340 g/mol. The molecule has 0 bridgehead atoms. The molecule has 0 saturated carbocycles. The highest BCUT2D eigenvalue weighted by Gasteiger charge is 2.11. The van der Waals surface area contributed by atoms with E-state index in [9.17, 15) is 8.42 Å². The summed E-state index contributed by atoms with van der Waals surface area (Å²) >= 11 is 11.9. The van der Waals surface area contributed by atoms with Gasteiger partial charge in [-0.3, -0.25) is 0 Å². The minimum Gasteiger partial charge on any atom is -0.219 e. The van der Waals surface area contributed by atoms with Gasteiger partial charge >= 0.3 is 0 Å². The van der Waals surface area contributed by atoms with E-state index in [1.165, 1.54) is 18.2 Å². The molecule has 1 unspecified atom stereocenters. The fourth-order valence-corrected chi connectivity index (χ4v) is 3.33. The lowest BCUT2D eigenvalue weighted by molar-refractivity contribution is 0.604. The lowest BCUT2D eigenvalue weighted by Gasteiger charge is -2.04. The summed E-state index contributed by atoms with van der Waals surface area (Å²) < 4.78 is 24.2. The molecule has 0 N–H and O–H groups in total. The Labute approximate surface area is 134 Å². The van der Waals surface area contributed by atoms with Crippen LogP contribution in [0.4, 0.5) is 0 Å². The summed E-state index contributed by atoms with van der Waals surface area (Å²) in [5.41, 5.74) is 1.06. The van der Waals surface area contributed by atoms with E-state index in [1.807, 2.05) is 30.3 Å². The SMILES string of the molecule is O=S(=O)(C=CC(Cl)Cc1ccccc1)c1ccc(Cl)cc1. The van der Waals surface area contributed by atoms with Crippen molar-refractivity contribution < 1.29 is 8.42 Å². The van der Waals surface area contributed by atoms with Crippen molar-refractivity contribution in [2.75, 3.05) is 0 Å². The van der Waals surface area contributed by atoms with Crippen molar-refractivity contribution in [3.05, 3.63) is 76.7 Å². The lowest BCUT2D eigenvalue weighted by atomic mass is 10.1. The van der Waals surface area contributed by atoms with E-state index in [-0.39, 0.29) is 10.3 Å². The standard InChI is InChI=1S/C16H14Cl2O2S/c17-14-6-8-16(9-7-14)21(19,20)11-10-15(18)12-13-4-2-1-3-5-13/h1-11,15H,12H2. The van der Waals surface area contributed by atoms with Crippen LogP contribution in [0.25, 0.3) is 0 Å². The smallest absolute Gasteiger partial charge is 0.199 e. The van der Waals surface area contributed by atoms with Crippen LogP contribution in [0.15, 0.2) is 71.0 Å². The van der Waals surface area contributed by atoms with E-state index >= 15 is 0 Å². The first-order valence-corrected chi connectivity index (χ1v) is 8.70. The van der Waals surface area contributed by atoms with E-state index in [1.54, 1.807) is 12.1 Å². The van der Waals surface area contributed by atoms with Crippen LogP contribution in [0.5, 0.6) is 0 Å². The molecule has 2 aromatic carbocycles. The minimum absolute atomic E-state index is 0.201. The molecule has 5 heteroatoms. The first-order valence-electron chi connectivity index (χ1n) is 6.34. The van der Waals surface area contributed by atoms with E-state index in [0.717, 1.165) is 11.0 Å². The van der Waals surface area contributed by atoms with Gasteiger partial charge < -0.3 is 0 Å². The van der Waals surface area contributed by atoms with Gasteiger partial charge in [0.2, 0.25) is 0 Å². The predicted octanol–water partition coefficient (Wildman–Crippen LogP) is 4.48. The Kier molecular flexibility index (Phi) is 5.45. The van der Waals surface area contributed by atoms with Crippen LogP contribution >= 0.6 is 23.2 Å². The van der Waals surface area contributed by atoms with Crippen LogP contribution in [0.3, 0.4) is 0 Å². The van der Waals surface area contributed by atoms with Crippen LogP contribution in [0.1, 0.15) is 5.56 Å². The maximum absolute atomic E-state index is 12.1. The highest BCUT2D eigenvalue weighted by molar-refractivity contribution is 7.94. The zero-order valence-electron chi connectivity index (χ0n) is 11.1. The van der Waals surface area contributed by atoms with Gasteiger partial charge in [0.05, 0.1) is 10.3 Å². The summed E-state index contributed by atoms with van der Waals surface area (Å²) in [4.78, 5) is 0.201. The summed E-state index contributed by atoms with van der Waals surface area (Å²) in [5.74, 6) is 0. The predicted molar refractivity (Wildman–Crippen MR) is 87.6 cm³/mol. The van der Waals surface area contributed by atoms with Crippen LogP contribution in [0.2, 0.25) is 5.02 Å². The third-order valence-corrected chi connectivity index (χ3v) is 4.88. The molecular weight excluding hydrogens is 327 g/mol. The number of hydrogen-bond donors (Lipinski definition) is 0. The number of benzene rings is 2. The summed E-state index contributed by atoms with van der Waals surface area (Å²) in [6.07, 6.45) is 2.08. The molecule has 110 valence electrons. The molecule has 0 fully saturated rings. The third kappa shape index (κ3) is 4.88. The van der Waals surface area contributed by atoms with Crippen LogP contribution in [0, 0.1) is 0 Å². The molecule has 0 amide bonds. The first-order chi connectivity index (χ1) is 9.97. The summed E-state index contributed by atoms with van der Waals surface area (Å²) in [5, 5.41) is 1.27. The zero-order valence-corrected chi connectivity index (χ0v) is 13.4. The van der Waals surface area contributed by atoms with Crippen molar-refractivity contribution in [1.82, 2.24) is 0 Å². The molecule has 2 rings (SSSR count). The molecule has 0 aliphatic rings. The van der Waals surface area contributed by atoms with Crippen molar-refractivity contribution in [2.24, 2.45) is 0 Å². The van der Waals surface area contributed by atoms with Gasteiger partial charge in [-0.2, -0.15) is 0 Å². The molecule has 0 aliphatic heterocycles. The number of allylic oxidation sites excluding steroid dienone is 1. The summed E-state index contributed by atoms with van der Waals surface area (Å²) in [6, 6.07) is 15.7. The number of hydrogen-bond acceptors (Lipinski definition) is 2. The first kappa shape index (κ1) is 16.1. The normalized spacial score (nSPS) is 13.4. The van der Waals surface area contributed by atoms with E-state index in [0.29, 0.717) is 11.4 Å². The van der Waals surface area contributed by atoms with Gasteiger partial charge in [0.1, 0.15) is 0 Å². The Morgan fingerprint density at radius 3 is 2.24 bits per heavy atom. The van der Waals surface area contributed by atoms with Gasteiger partial charge in [0.15, 0.2) is 9.84 Å². The highest BCUT2D eigenvalue weighted by Crippen LogP contribution is 2.17. The van der Waals surface area contributed by atoms with Crippen molar-refractivity contribution in [2.45, 2.75) is 16.7 Å². The average Bonchev–Trinajstić information content (AvgIpc) is 2.47. The molecular formula is C16H14Cl2O2S. The van der Waals surface area contributed by atoms with Gasteiger partial charge in [-0.15, -0.1) is 11.6 Å². The van der Waals surface area contributed by atoms with Gasteiger partial charge in [-0.25, -0.2) is 8.42 Å². The molecule has 0 aliphatic carbocycles. The average molecular weight is 341 g/mol. The molecule has 0 saturated heterocycles. The topological polar surface area (TPSA) is 34.1 Å². The van der Waals surface area contributed by atoms with E-state index in [2.05, 4.69) is 0 Å². The van der Waals surface area contributed by atoms with Crippen LogP contribution in [-0.2, 0) is 16.3 Å². The fraction of sp³-hybridized carbons (Fsp3) is 0.125. The Balaban J connectivity index is 2.07. The second-order valence-corrected chi connectivity index (χ2v) is 7.36. The number of halogens is 2. The van der Waals surface area contributed by atoms with Crippen LogP contribution < -0.4 is 0 Å². The van der Waals surface area contributed by atoms with Gasteiger partial charge in [-0.1, -0.05) is 48.0 Å². The Morgan fingerprint density at radius 1 is 1.00 bits per heavy atom. The van der Waals surface area contributed by atoms with Crippen molar-refractivity contribution in [1.29, 1.82) is 0 Å². The zero-order chi connectivity index (χ0) is 15.3. The molecule has 0 spiro atoms. The molecule has 0 heterocycles. The fourth-order valence-electron chi connectivity index (χ4n) is 1.80.